The van der Waals surface area contributed by atoms with Crippen LogP contribution in [0, 0.1) is 5.82 Å². The minimum Gasteiger partial charge on any atom is -0.336 e. The fraction of sp³-hybridized carbons (Fsp3) is 0.188. The van der Waals surface area contributed by atoms with Crippen LogP contribution in [-0.2, 0) is 13.6 Å². The number of imidazole rings is 1. The van der Waals surface area contributed by atoms with Gasteiger partial charge in [-0.3, -0.25) is 5.32 Å². The van der Waals surface area contributed by atoms with Crippen molar-refractivity contribution in [2.24, 2.45) is 7.05 Å². The number of nitrogens with zero attached hydrogens (tertiary/aromatic N) is 2. The SMILES string of the molecule is Cl.Cn1ccnc1C(NCc1ccsc1)c1cccc(F)c1. The van der Waals surface area contributed by atoms with Gasteiger partial charge in [-0.1, -0.05) is 12.1 Å². The van der Waals surface area contributed by atoms with Gasteiger partial charge in [0.05, 0.1) is 6.04 Å². The second kappa shape index (κ2) is 7.54. The average molecular weight is 338 g/mol. The molecule has 22 heavy (non-hydrogen) atoms. The number of aryl methyl sites for hydroxylation is 1. The van der Waals surface area contributed by atoms with E-state index in [1.807, 2.05) is 23.9 Å². The maximum Gasteiger partial charge on any atom is 0.130 e. The largest absolute Gasteiger partial charge is 0.336 e. The van der Waals surface area contributed by atoms with E-state index in [2.05, 4.69) is 27.1 Å². The molecule has 0 amide bonds. The van der Waals surface area contributed by atoms with Gasteiger partial charge in [-0.05, 0) is 40.1 Å². The summed E-state index contributed by atoms with van der Waals surface area (Å²) < 4.78 is 15.5. The molecule has 0 radical (unpaired) electrons. The first kappa shape index (κ1) is 16.7. The van der Waals surface area contributed by atoms with Crippen molar-refractivity contribution in [1.82, 2.24) is 14.9 Å². The van der Waals surface area contributed by atoms with E-state index >= 15 is 0 Å². The van der Waals surface area contributed by atoms with Crippen molar-refractivity contribution < 1.29 is 4.39 Å². The standard InChI is InChI=1S/C16H16FN3S.ClH/c1-20-7-6-18-16(20)15(13-3-2-4-14(17)9-13)19-10-12-5-8-21-11-12;/h2-9,11,15,19H,10H2,1H3;1H. The maximum absolute atomic E-state index is 13.5. The van der Waals surface area contributed by atoms with Crippen LogP contribution in [-0.4, -0.2) is 9.55 Å². The third-order valence-electron chi connectivity index (χ3n) is 3.39. The Hall–Kier alpha value is -1.69. The van der Waals surface area contributed by atoms with E-state index in [4.69, 9.17) is 0 Å². The van der Waals surface area contributed by atoms with Gasteiger partial charge >= 0.3 is 0 Å². The van der Waals surface area contributed by atoms with E-state index < -0.39 is 0 Å². The number of rotatable bonds is 5. The lowest BCUT2D eigenvalue weighted by molar-refractivity contribution is 0.552. The first-order valence-electron chi connectivity index (χ1n) is 6.71. The normalized spacial score (nSPS) is 11.9. The maximum atomic E-state index is 13.5. The summed E-state index contributed by atoms with van der Waals surface area (Å²) in [5.41, 5.74) is 2.09. The molecule has 3 nitrogen and oxygen atoms in total. The van der Waals surface area contributed by atoms with Crippen molar-refractivity contribution in [2.45, 2.75) is 12.6 Å². The number of thiophene rings is 1. The van der Waals surface area contributed by atoms with Gasteiger partial charge in [0.2, 0.25) is 0 Å². The molecule has 0 fully saturated rings. The molecule has 0 aliphatic heterocycles. The zero-order valence-electron chi connectivity index (χ0n) is 12.1. The highest BCUT2D eigenvalue weighted by Crippen LogP contribution is 2.22. The second-order valence-electron chi connectivity index (χ2n) is 4.90. The molecule has 1 N–H and O–H groups in total. The molecule has 2 aromatic heterocycles. The smallest absolute Gasteiger partial charge is 0.130 e. The van der Waals surface area contributed by atoms with Crippen LogP contribution in [0.5, 0.6) is 0 Å². The Morgan fingerprint density at radius 3 is 2.86 bits per heavy atom. The summed E-state index contributed by atoms with van der Waals surface area (Å²) in [6, 6.07) is 8.60. The molecular weight excluding hydrogens is 321 g/mol. The zero-order chi connectivity index (χ0) is 14.7. The Kier molecular flexibility index (Phi) is 5.71. The van der Waals surface area contributed by atoms with Gasteiger partial charge < -0.3 is 4.57 Å². The van der Waals surface area contributed by atoms with E-state index in [9.17, 15) is 4.39 Å². The molecular formula is C16H17ClFN3S. The Morgan fingerprint density at radius 1 is 1.36 bits per heavy atom. The van der Waals surface area contributed by atoms with Gasteiger partial charge in [0.15, 0.2) is 0 Å². The third kappa shape index (κ3) is 3.74. The molecule has 0 spiro atoms. The van der Waals surface area contributed by atoms with Crippen LogP contribution >= 0.6 is 23.7 Å². The second-order valence-corrected chi connectivity index (χ2v) is 5.68. The lowest BCUT2D eigenvalue weighted by atomic mass is 10.1. The minimum atomic E-state index is -0.232. The van der Waals surface area contributed by atoms with Crippen molar-refractivity contribution in [3.05, 3.63) is 76.3 Å². The molecule has 3 aromatic rings. The molecule has 0 bridgehead atoms. The van der Waals surface area contributed by atoms with Crippen LogP contribution < -0.4 is 5.32 Å². The van der Waals surface area contributed by atoms with Crippen molar-refractivity contribution in [3.8, 4) is 0 Å². The average Bonchev–Trinajstić information content (AvgIpc) is 3.12. The van der Waals surface area contributed by atoms with Gasteiger partial charge in [0.1, 0.15) is 11.6 Å². The summed E-state index contributed by atoms with van der Waals surface area (Å²) in [6.45, 7) is 0.720. The number of benzene rings is 1. The fourth-order valence-corrected chi connectivity index (χ4v) is 2.98. The van der Waals surface area contributed by atoms with Crippen LogP contribution in [0.2, 0.25) is 0 Å². The highest BCUT2D eigenvalue weighted by atomic mass is 35.5. The molecule has 1 atom stereocenters. The first-order chi connectivity index (χ1) is 10.2. The Morgan fingerprint density at radius 2 is 2.23 bits per heavy atom. The number of hydrogen-bond acceptors (Lipinski definition) is 3. The monoisotopic (exact) mass is 337 g/mol. The topological polar surface area (TPSA) is 29.9 Å². The first-order valence-corrected chi connectivity index (χ1v) is 7.65. The zero-order valence-corrected chi connectivity index (χ0v) is 13.7. The van der Waals surface area contributed by atoms with Gasteiger partial charge in [-0.15, -0.1) is 12.4 Å². The predicted octanol–water partition coefficient (Wildman–Crippen LogP) is 3.92. The van der Waals surface area contributed by atoms with E-state index in [1.165, 1.54) is 11.6 Å². The van der Waals surface area contributed by atoms with E-state index in [0.717, 1.165) is 17.9 Å². The lowest BCUT2D eigenvalue weighted by Gasteiger charge is -2.19. The number of halogens is 2. The van der Waals surface area contributed by atoms with Gasteiger partial charge in [-0.25, -0.2) is 9.37 Å². The van der Waals surface area contributed by atoms with Crippen LogP contribution in [0.4, 0.5) is 4.39 Å². The molecule has 6 heteroatoms. The summed E-state index contributed by atoms with van der Waals surface area (Å²) in [6.07, 6.45) is 3.65. The summed E-state index contributed by atoms with van der Waals surface area (Å²) >= 11 is 1.67. The Labute approximate surface area is 139 Å². The molecule has 3 rings (SSSR count). The van der Waals surface area contributed by atoms with E-state index in [-0.39, 0.29) is 24.3 Å². The number of nitrogens with one attached hydrogen (secondary N) is 1. The highest BCUT2D eigenvalue weighted by Gasteiger charge is 2.18. The lowest BCUT2D eigenvalue weighted by Crippen LogP contribution is -2.24. The molecule has 116 valence electrons. The van der Waals surface area contributed by atoms with Crippen molar-refractivity contribution in [3.63, 3.8) is 0 Å². The number of hydrogen-bond donors (Lipinski definition) is 1. The molecule has 0 saturated carbocycles. The van der Waals surface area contributed by atoms with Crippen LogP contribution in [0.25, 0.3) is 0 Å². The molecule has 0 aliphatic carbocycles. The molecule has 1 aromatic carbocycles. The molecule has 1 unspecified atom stereocenters. The summed E-state index contributed by atoms with van der Waals surface area (Å²) in [5, 5.41) is 7.62. The van der Waals surface area contributed by atoms with E-state index in [0.29, 0.717) is 0 Å². The van der Waals surface area contributed by atoms with Gasteiger partial charge in [0.25, 0.3) is 0 Å². The minimum absolute atomic E-state index is 0. The van der Waals surface area contributed by atoms with Crippen LogP contribution in [0.15, 0.2) is 53.5 Å². The van der Waals surface area contributed by atoms with Crippen LogP contribution in [0.3, 0.4) is 0 Å². The Bertz CT molecular complexity index is 712. The van der Waals surface area contributed by atoms with Gasteiger partial charge in [0, 0.05) is 26.0 Å². The van der Waals surface area contributed by atoms with Crippen molar-refractivity contribution >= 4 is 23.7 Å². The number of aromatic nitrogens is 2. The van der Waals surface area contributed by atoms with E-state index in [1.54, 1.807) is 29.7 Å². The van der Waals surface area contributed by atoms with Crippen LogP contribution in [0.1, 0.15) is 23.0 Å². The Balaban J connectivity index is 0.00000176. The molecule has 0 aliphatic rings. The fourth-order valence-electron chi connectivity index (χ4n) is 2.31. The predicted molar refractivity (Wildman–Crippen MR) is 89.9 cm³/mol. The summed E-state index contributed by atoms with van der Waals surface area (Å²) in [5.74, 6) is 0.639. The van der Waals surface area contributed by atoms with Crippen molar-refractivity contribution in [1.29, 1.82) is 0 Å². The summed E-state index contributed by atoms with van der Waals surface area (Å²) in [7, 11) is 1.95. The molecule has 0 saturated heterocycles. The quantitative estimate of drug-likeness (QED) is 0.764. The van der Waals surface area contributed by atoms with Gasteiger partial charge in [-0.2, -0.15) is 11.3 Å². The highest BCUT2D eigenvalue weighted by molar-refractivity contribution is 7.07. The summed E-state index contributed by atoms with van der Waals surface area (Å²) in [4.78, 5) is 4.40. The van der Waals surface area contributed by atoms with Crippen molar-refractivity contribution in [2.75, 3.05) is 0 Å². The third-order valence-corrected chi connectivity index (χ3v) is 4.12. The molecule has 2 heterocycles.